The number of ether oxygens (including phenoxy) is 1. The minimum atomic E-state index is -4.38. The van der Waals surface area contributed by atoms with Crippen molar-refractivity contribution in [2.45, 2.75) is 20.0 Å². The summed E-state index contributed by atoms with van der Waals surface area (Å²) in [5.41, 5.74) is 3.29. The van der Waals surface area contributed by atoms with Gasteiger partial charge in [0.1, 0.15) is 11.3 Å². The second-order valence-corrected chi connectivity index (χ2v) is 6.17. The van der Waals surface area contributed by atoms with Crippen LogP contribution in [0.3, 0.4) is 0 Å². The van der Waals surface area contributed by atoms with Crippen molar-refractivity contribution in [2.24, 2.45) is 0 Å². The number of halogens is 3. The summed E-state index contributed by atoms with van der Waals surface area (Å²) in [6, 6.07) is 8.44. The zero-order valence-corrected chi connectivity index (χ0v) is 14.8. The quantitative estimate of drug-likeness (QED) is 0.516. The van der Waals surface area contributed by atoms with Gasteiger partial charge in [-0.15, -0.1) is 0 Å². The molecule has 8 heteroatoms. The van der Waals surface area contributed by atoms with E-state index in [0.29, 0.717) is 28.4 Å². The average molecular weight is 372 g/mol. The van der Waals surface area contributed by atoms with E-state index >= 15 is 0 Å². The molecule has 0 atom stereocenters. The second-order valence-electron chi connectivity index (χ2n) is 6.17. The van der Waals surface area contributed by atoms with E-state index in [1.54, 1.807) is 12.1 Å². The standard InChI is InChI=1S/C19H15F3N4O/c1-10-16-11(2)24-17(12-4-6-13(7-5-12)19(20,21)22)26(16)18-14(23-10)8-9-15(25-18)27-3/h4-9H,1-3H3. The van der Waals surface area contributed by atoms with Crippen LogP contribution in [0.15, 0.2) is 36.4 Å². The Kier molecular flexibility index (Phi) is 3.80. The number of alkyl halides is 3. The molecule has 0 saturated carbocycles. The molecule has 138 valence electrons. The van der Waals surface area contributed by atoms with Crippen molar-refractivity contribution in [1.29, 1.82) is 0 Å². The molecule has 0 radical (unpaired) electrons. The van der Waals surface area contributed by atoms with Gasteiger partial charge in [-0.2, -0.15) is 18.2 Å². The number of rotatable bonds is 2. The molecular weight excluding hydrogens is 357 g/mol. The lowest BCUT2D eigenvalue weighted by atomic mass is 10.1. The summed E-state index contributed by atoms with van der Waals surface area (Å²) in [5.74, 6) is 0.923. The Balaban J connectivity index is 2.03. The van der Waals surface area contributed by atoms with Crippen LogP contribution in [0.2, 0.25) is 0 Å². The number of fused-ring (bicyclic) bond motifs is 3. The first-order valence-corrected chi connectivity index (χ1v) is 8.17. The lowest BCUT2D eigenvalue weighted by molar-refractivity contribution is -0.137. The molecule has 0 aliphatic heterocycles. The van der Waals surface area contributed by atoms with Crippen molar-refractivity contribution in [3.05, 3.63) is 53.3 Å². The Morgan fingerprint density at radius 2 is 1.56 bits per heavy atom. The Bertz CT molecular complexity index is 1160. The Hall–Kier alpha value is -3.16. The Labute approximate surface area is 152 Å². The van der Waals surface area contributed by atoms with Crippen LogP contribution in [0.5, 0.6) is 5.88 Å². The smallest absolute Gasteiger partial charge is 0.416 e. The molecule has 3 aromatic heterocycles. The van der Waals surface area contributed by atoms with Gasteiger partial charge in [0.05, 0.1) is 29.6 Å². The van der Waals surface area contributed by atoms with Gasteiger partial charge >= 0.3 is 6.18 Å². The summed E-state index contributed by atoms with van der Waals surface area (Å²) in [7, 11) is 1.52. The van der Waals surface area contributed by atoms with Crippen molar-refractivity contribution in [3.8, 4) is 17.3 Å². The van der Waals surface area contributed by atoms with Crippen LogP contribution >= 0.6 is 0 Å². The highest BCUT2D eigenvalue weighted by Crippen LogP contribution is 2.32. The Morgan fingerprint density at radius 1 is 0.889 bits per heavy atom. The van der Waals surface area contributed by atoms with Gasteiger partial charge in [0.15, 0.2) is 5.65 Å². The number of pyridine rings is 1. The highest BCUT2D eigenvalue weighted by atomic mass is 19.4. The van der Waals surface area contributed by atoms with E-state index in [4.69, 9.17) is 4.74 Å². The van der Waals surface area contributed by atoms with Gasteiger partial charge in [0.2, 0.25) is 5.88 Å². The molecule has 4 aromatic rings. The molecule has 27 heavy (non-hydrogen) atoms. The summed E-state index contributed by atoms with van der Waals surface area (Å²) in [5, 5.41) is 0. The van der Waals surface area contributed by atoms with Crippen LogP contribution in [-0.2, 0) is 6.18 Å². The molecule has 0 amide bonds. The third-order valence-corrected chi connectivity index (χ3v) is 4.40. The molecule has 0 aliphatic carbocycles. The van der Waals surface area contributed by atoms with Crippen molar-refractivity contribution < 1.29 is 17.9 Å². The maximum absolute atomic E-state index is 12.9. The topological polar surface area (TPSA) is 52.3 Å². The summed E-state index contributed by atoms with van der Waals surface area (Å²) in [6.07, 6.45) is -4.38. The SMILES string of the molecule is COc1ccc2nc(C)c3c(C)nc(-c4ccc(C(F)(F)F)cc4)n3c2n1. The highest BCUT2D eigenvalue weighted by Gasteiger charge is 2.30. The third-order valence-electron chi connectivity index (χ3n) is 4.40. The number of benzene rings is 1. The predicted molar refractivity (Wildman–Crippen MR) is 94.8 cm³/mol. The first-order valence-electron chi connectivity index (χ1n) is 8.17. The van der Waals surface area contributed by atoms with Gasteiger partial charge in [-0.05, 0) is 32.0 Å². The number of imidazole rings is 1. The van der Waals surface area contributed by atoms with Gasteiger partial charge in [-0.25, -0.2) is 9.97 Å². The largest absolute Gasteiger partial charge is 0.481 e. The number of aryl methyl sites for hydroxylation is 2. The number of nitrogens with zero attached hydrogens (tertiary/aromatic N) is 4. The first-order chi connectivity index (χ1) is 12.8. The fourth-order valence-electron chi connectivity index (χ4n) is 3.18. The summed E-state index contributed by atoms with van der Waals surface area (Å²) in [6.45, 7) is 3.70. The summed E-state index contributed by atoms with van der Waals surface area (Å²) in [4.78, 5) is 13.6. The molecule has 0 unspecified atom stereocenters. The number of aromatic nitrogens is 4. The van der Waals surface area contributed by atoms with Crippen LogP contribution in [0.4, 0.5) is 13.2 Å². The van der Waals surface area contributed by atoms with Crippen molar-refractivity contribution in [3.63, 3.8) is 0 Å². The maximum Gasteiger partial charge on any atom is 0.416 e. The second kappa shape index (κ2) is 5.94. The van der Waals surface area contributed by atoms with Crippen LogP contribution in [-0.4, -0.2) is 26.5 Å². The molecule has 0 aliphatic rings. The molecule has 5 nitrogen and oxygen atoms in total. The number of methoxy groups -OCH3 is 1. The minimum Gasteiger partial charge on any atom is -0.481 e. The number of hydrogen-bond acceptors (Lipinski definition) is 4. The molecule has 0 N–H and O–H groups in total. The van der Waals surface area contributed by atoms with E-state index in [-0.39, 0.29) is 0 Å². The molecule has 1 aromatic carbocycles. The molecule has 0 spiro atoms. The van der Waals surface area contributed by atoms with Crippen LogP contribution in [0.1, 0.15) is 17.0 Å². The fraction of sp³-hybridized carbons (Fsp3) is 0.211. The van der Waals surface area contributed by atoms with E-state index in [2.05, 4.69) is 15.0 Å². The highest BCUT2D eigenvalue weighted by molar-refractivity contribution is 5.81. The van der Waals surface area contributed by atoms with Crippen LogP contribution < -0.4 is 4.74 Å². The van der Waals surface area contributed by atoms with Crippen molar-refractivity contribution in [2.75, 3.05) is 7.11 Å². The van der Waals surface area contributed by atoms with Crippen LogP contribution in [0.25, 0.3) is 28.1 Å². The monoisotopic (exact) mass is 372 g/mol. The molecular formula is C19H15F3N4O. The molecule has 0 fully saturated rings. The summed E-state index contributed by atoms with van der Waals surface area (Å²) >= 11 is 0. The van der Waals surface area contributed by atoms with Crippen LogP contribution in [0, 0.1) is 13.8 Å². The van der Waals surface area contributed by atoms with Gasteiger partial charge in [0.25, 0.3) is 0 Å². The van der Waals surface area contributed by atoms with E-state index in [1.807, 2.05) is 18.2 Å². The van der Waals surface area contributed by atoms with E-state index < -0.39 is 11.7 Å². The number of hydrogen-bond donors (Lipinski definition) is 0. The Morgan fingerprint density at radius 3 is 2.19 bits per heavy atom. The third kappa shape index (κ3) is 2.77. The minimum absolute atomic E-state index is 0.416. The van der Waals surface area contributed by atoms with Crippen molar-refractivity contribution >= 4 is 16.7 Å². The zero-order valence-electron chi connectivity index (χ0n) is 14.8. The zero-order chi connectivity index (χ0) is 19.3. The normalized spacial score (nSPS) is 12.1. The predicted octanol–water partition coefficient (Wildman–Crippen LogP) is 4.59. The summed E-state index contributed by atoms with van der Waals surface area (Å²) < 4.78 is 45.6. The first kappa shape index (κ1) is 17.3. The van der Waals surface area contributed by atoms with Gasteiger partial charge in [-0.1, -0.05) is 12.1 Å². The van der Waals surface area contributed by atoms with E-state index in [9.17, 15) is 13.2 Å². The maximum atomic E-state index is 12.9. The van der Waals surface area contributed by atoms with Gasteiger partial charge < -0.3 is 4.74 Å². The fourth-order valence-corrected chi connectivity index (χ4v) is 3.18. The lowest BCUT2D eigenvalue weighted by Crippen LogP contribution is -2.04. The molecule has 3 heterocycles. The molecule has 0 bridgehead atoms. The molecule has 0 saturated heterocycles. The molecule has 4 rings (SSSR count). The van der Waals surface area contributed by atoms with Gasteiger partial charge in [0, 0.05) is 11.6 Å². The lowest BCUT2D eigenvalue weighted by Gasteiger charge is -2.10. The van der Waals surface area contributed by atoms with Gasteiger partial charge in [-0.3, -0.25) is 4.40 Å². The van der Waals surface area contributed by atoms with Crippen molar-refractivity contribution in [1.82, 2.24) is 19.4 Å². The average Bonchev–Trinajstić information content (AvgIpc) is 2.99. The van der Waals surface area contributed by atoms with E-state index in [0.717, 1.165) is 29.0 Å². The van der Waals surface area contributed by atoms with E-state index in [1.165, 1.54) is 19.2 Å².